The smallest absolute Gasteiger partial charge is 0.231 e. The maximum Gasteiger partial charge on any atom is 0.231 e. The number of hydrogen-bond donors (Lipinski definition) is 2. The number of benzene rings is 1. The summed E-state index contributed by atoms with van der Waals surface area (Å²) in [6.45, 7) is 3.43. The van der Waals surface area contributed by atoms with E-state index in [-0.39, 0.29) is 6.79 Å². The summed E-state index contributed by atoms with van der Waals surface area (Å²) < 4.78 is 10.6. The van der Waals surface area contributed by atoms with Crippen molar-refractivity contribution in [2.24, 2.45) is 5.92 Å². The molecule has 0 spiro atoms. The molecular formula is C13H17ClN2O2. The summed E-state index contributed by atoms with van der Waals surface area (Å²) in [4.78, 5) is 0. The lowest BCUT2D eigenvalue weighted by atomic mass is 10.00. The third kappa shape index (κ3) is 2.49. The van der Waals surface area contributed by atoms with E-state index in [1.54, 1.807) is 0 Å². The van der Waals surface area contributed by atoms with Crippen LogP contribution in [0.4, 0.5) is 5.69 Å². The van der Waals surface area contributed by atoms with Crippen LogP contribution in [0.5, 0.6) is 11.5 Å². The van der Waals surface area contributed by atoms with E-state index in [0.29, 0.717) is 10.9 Å². The number of rotatable bonds is 3. The first-order valence-corrected chi connectivity index (χ1v) is 6.74. The number of nitrogens with one attached hydrogen (secondary N) is 2. The van der Waals surface area contributed by atoms with Gasteiger partial charge in [0.15, 0.2) is 11.5 Å². The Morgan fingerprint density at radius 1 is 1.33 bits per heavy atom. The third-order valence-electron chi connectivity index (χ3n) is 3.44. The SMILES string of the molecule is Clc1cc2c(cc1NCC1CCCNC1)OCO2. The lowest BCUT2D eigenvalue weighted by molar-refractivity contribution is 0.174. The lowest BCUT2D eigenvalue weighted by Crippen LogP contribution is -2.33. The molecule has 1 fully saturated rings. The summed E-state index contributed by atoms with van der Waals surface area (Å²) in [5, 5.41) is 7.50. The molecule has 1 aromatic rings. The Morgan fingerprint density at radius 2 is 2.17 bits per heavy atom. The molecule has 5 heteroatoms. The first-order chi connectivity index (χ1) is 8.83. The van der Waals surface area contributed by atoms with Gasteiger partial charge in [-0.1, -0.05) is 11.6 Å². The standard InChI is InChI=1S/C13H17ClN2O2/c14-10-4-12-13(18-8-17-12)5-11(10)16-7-9-2-1-3-15-6-9/h4-5,9,15-16H,1-3,6-8H2. The van der Waals surface area contributed by atoms with Gasteiger partial charge in [0.25, 0.3) is 0 Å². The van der Waals surface area contributed by atoms with Gasteiger partial charge in [-0.05, 0) is 31.8 Å². The molecule has 4 nitrogen and oxygen atoms in total. The molecule has 3 rings (SSSR count). The Kier molecular flexibility index (Phi) is 3.48. The third-order valence-corrected chi connectivity index (χ3v) is 3.76. The van der Waals surface area contributed by atoms with Crippen LogP contribution in [0.25, 0.3) is 0 Å². The van der Waals surface area contributed by atoms with E-state index in [9.17, 15) is 0 Å². The van der Waals surface area contributed by atoms with E-state index in [0.717, 1.165) is 36.8 Å². The van der Waals surface area contributed by atoms with Crippen molar-refractivity contribution in [2.75, 3.05) is 31.7 Å². The summed E-state index contributed by atoms with van der Waals surface area (Å²) in [6.07, 6.45) is 2.52. The number of ether oxygens (including phenoxy) is 2. The highest BCUT2D eigenvalue weighted by Gasteiger charge is 2.18. The van der Waals surface area contributed by atoms with E-state index in [1.165, 1.54) is 12.8 Å². The largest absolute Gasteiger partial charge is 0.454 e. The summed E-state index contributed by atoms with van der Waals surface area (Å²) in [7, 11) is 0. The minimum Gasteiger partial charge on any atom is -0.454 e. The highest BCUT2D eigenvalue weighted by Crippen LogP contribution is 2.39. The van der Waals surface area contributed by atoms with Gasteiger partial charge < -0.3 is 20.1 Å². The van der Waals surface area contributed by atoms with Crippen molar-refractivity contribution in [1.29, 1.82) is 0 Å². The average Bonchev–Trinajstić information content (AvgIpc) is 2.84. The normalized spacial score (nSPS) is 21.9. The molecule has 1 atom stereocenters. The zero-order valence-electron chi connectivity index (χ0n) is 10.2. The second-order valence-corrected chi connectivity index (χ2v) is 5.19. The van der Waals surface area contributed by atoms with Crippen molar-refractivity contribution in [3.8, 4) is 11.5 Å². The van der Waals surface area contributed by atoms with Crippen molar-refractivity contribution in [2.45, 2.75) is 12.8 Å². The molecule has 0 radical (unpaired) electrons. The number of piperidine rings is 1. The van der Waals surface area contributed by atoms with Gasteiger partial charge in [-0.3, -0.25) is 0 Å². The molecule has 2 aliphatic heterocycles. The Bertz CT molecular complexity index is 433. The van der Waals surface area contributed by atoms with Crippen molar-refractivity contribution < 1.29 is 9.47 Å². The van der Waals surface area contributed by atoms with Crippen LogP contribution in [-0.4, -0.2) is 26.4 Å². The summed E-state index contributed by atoms with van der Waals surface area (Å²) in [6, 6.07) is 3.73. The van der Waals surface area contributed by atoms with E-state index in [2.05, 4.69) is 10.6 Å². The van der Waals surface area contributed by atoms with Crippen molar-refractivity contribution in [3.63, 3.8) is 0 Å². The van der Waals surface area contributed by atoms with Gasteiger partial charge in [-0.15, -0.1) is 0 Å². The maximum atomic E-state index is 6.21. The molecule has 0 aromatic heterocycles. The topological polar surface area (TPSA) is 42.5 Å². The fourth-order valence-electron chi connectivity index (χ4n) is 2.41. The Labute approximate surface area is 112 Å². The minimum absolute atomic E-state index is 0.279. The van der Waals surface area contributed by atoms with Crippen LogP contribution in [-0.2, 0) is 0 Å². The van der Waals surface area contributed by atoms with Crippen LogP contribution in [0.15, 0.2) is 12.1 Å². The second-order valence-electron chi connectivity index (χ2n) is 4.78. The van der Waals surface area contributed by atoms with Gasteiger partial charge in [-0.25, -0.2) is 0 Å². The summed E-state index contributed by atoms with van der Waals surface area (Å²) in [5.74, 6) is 2.16. The number of anilines is 1. The van der Waals surface area contributed by atoms with E-state index in [1.807, 2.05) is 12.1 Å². The predicted octanol–water partition coefficient (Wildman–Crippen LogP) is 2.48. The molecule has 1 unspecified atom stereocenters. The molecule has 2 heterocycles. The van der Waals surface area contributed by atoms with Crippen LogP contribution in [0.3, 0.4) is 0 Å². The highest BCUT2D eigenvalue weighted by atomic mass is 35.5. The Hall–Kier alpha value is -1.13. The molecule has 0 aliphatic carbocycles. The number of fused-ring (bicyclic) bond motifs is 1. The molecule has 98 valence electrons. The Morgan fingerprint density at radius 3 is 2.94 bits per heavy atom. The second kappa shape index (κ2) is 5.24. The van der Waals surface area contributed by atoms with E-state index < -0.39 is 0 Å². The van der Waals surface area contributed by atoms with Gasteiger partial charge in [0, 0.05) is 18.7 Å². The molecule has 18 heavy (non-hydrogen) atoms. The van der Waals surface area contributed by atoms with Crippen molar-refractivity contribution >= 4 is 17.3 Å². The van der Waals surface area contributed by atoms with Crippen LogP contribution < -0.4 is 20.1 Å². The van der Waals surface area contributed by atoms with Gasteiger partial charge in [0.1, 0.15) is 0 Å². The maximum absolute atomic E-state index is 6.21. The van der Waals surface area contributed by atoms with Crippen molar-refractivity contribution in [3.05, 3.63) is 17.2 Å². The minimum atomic E-state index is 0.279. The predicted molar refractivity (Wildman–Crippen MR) is 71.7 cm³/mol. The fourth-order valence-corrected chi connectivity index (χ4v) is 2.63. The fraction of sp³-hybridized carbons (Fsp3) is 0.538. The molecule has 2 aliphatic rings. The van der Waals surface area contributed by atoms with Crippen LogP contribution in [0.2, 0.25) is 5.02 Å². The molecule has 0 bridgehead atoms. The van der Waals surface area contributed by atoms with Crippen LogP contribution in [0, 0.1) is 5.92 Å². The molecule has 0 amide bonds. The monoisotopic (exact) mass is 268 g/mol. The molecule has 1 saturated heterocycles. The molecular weight excluding hydrogens is 252 g/mol. The first kappa shape index (κ1) is 11.9. The van der Waals surface area contributed by atoms with E-state index in [4.69, 9.17) is 21.1 Å². The quantitative estimate of drug-likeness (QED) is 0.884. The lowest BCUT2D eigenvalue weighted by Gasteiger charge is -2.23. The summed E-state index contributed by atoms with van der Waals surface area (Å²) in [5.41, 5.74) is 0.923. The Balaban J connectivity index is 1.65. The van der Waals surface area contributed by atoms with Gasteiger partial charge >= 0.3 is 0 Å². The first-order valence-electron chi connectivity index (χ1n) is 6.36. The molecule has 0 saturated carbocycles. The number of hydrogen-bond acceptors (Lipinski definition) is 4. The van der Waals surface area contributed by atoms with Gasteiger partial charge in [-0.2, -0.15) is 0 Å². The summed E-state index contributed by atoms with van der Waals surface area (Å²) >= 11 is 6.21. The average molecular weight is 269 g/mol. The van der Waals surface area contributed by atoms with Gasteiger partial charge in [0.2, 0.25) is 6.79 Å². The number of halogens is 1. The zero-order valence-corrected chi connectivity index (χ0v) is 10.9. The van der Waals surface area contributed by atoms with Gasteiger partial charge in [0.05, 0.1) is 10.7 Å². The highest BCUT2D eigenvalue weighted by molar-refractivity contribution is 6.33. The van der Waals surface area contributed by atoms with Crippen LogP contribution in [0.1, 0.15) is 12.8 Å². The molecule has 2 N–H and O–H groups in total. The van der Waals surface area contributed by atoms with E-state index >= 15 is 0 Å². The van der Waals surface area contributed by atoms with Crippen LogP contribution >= 0.6 is 11.6 Å². The zero-order chi connectivity index (χ0) is 12.4. The van der Waals surface area contributed by atoms with Crippen molar-refractivity contribution in [1.82, 2.24) is 5.32 Å². The molecule has 1 aromatic carbocycles.